The Morgan fingerprint density at radius 2 is 1.74 bits per heavy atom. The molecule has 3 aromatic carbocycles. The van der Waals surface area contributed by atoms with E-state index in [1.807, 2.05) is 30.3 Å². The number of thiazole rings is 1. The molecule has 0 saturated heterocycles. The fourth-order valence-electron chi connectivity index (χ4n) is 4.87. The fraction of sp³-hybridized carbons (Fsp3) is 0.194. The lowest BCUT2D eigenvalue weighted by Gasteiger charge is -2.26. The number of aromatic nitrogens is 1. The first-order valence-electron chi connectivity index (χ1n) is 13.1. The molecule has 1 atom stereocenters. The zero-order valence-corrected chi connectivity index (χ0v) is 24.5. The number of methoxy groups -OCH3 is 3. The van der Waals surface area contributed by atoms with Crippen LogP contribution in [0.4, 0.5) is 5.69 Å². The van der Waals surface area contributed by atoms with Gasteiger partial charge in [0.15, 0.2) is 16.3 Å². The number of nitro benzene ring substituents is 1. The third-order valence-electron chi connectivity index (χ3n) is 6.80. The van der Waals surface area contributed by atoms with Crippen molar-refractivity contribution in [1.29, 1.82) is 0 Å². The molecule has 0 N–H and O–H groups in total. The number of ether oxygens (including phenoxy) is 4. The number of rotatable bonds is 9. The van der Waals surface area contributed by atoms with E-state index in [0.29, 0.717) is 27.4 Å². The molecule has 4 aromatic rings. The highest BCUT2D eigenvalue weighted by Gasteiger charge is 2.35. The molecular formula is C31H27N3O8S. The Bertz CT molecular complexity index is 1930. The summed E-state index contributed by atoms with van der Waals surface area (Å²) in [6.07, 6.45) is 1.42. The van der Waals surface area contributed by atoms with Crippen molar-refractivity contribution >= 4 is 34.8 Å². The number of nitrogens with zero attached hydrogens (tertiary/aromatic N) is 3. The molecule has 2 heterocycles. The first-order chi connectivity index (χ1) is 20.8. The molecule has 0 fully saturated rings. The number of nitro groups is 1. The number of hydrogen-bond acceptors (Lipinski definition) is 10. The summed E-state index contributed by atoms with van der Waals surface area (Å²) < 4.78 is 23.1. The van der Waals surface area contributed by atoms with Gasteiger partial charge in [0, 0.05) is 5.56 Å². The van der Waals surface area contributed by atoms with E-state index in [1.54, 1.807) is 31.2 Å². The van der Waals surface area contributed by atoms with Gasteiger partial charge < -0.3 is 18.9 Å². The summed E-state index contributed by atoms with van der Waals surface area (Å²) in [6.45, 7) is 1.81. The maximum absolute atomic E-state index is 14.1. The molecular weight excluding hydrogens is 574 g/mol. The maximum atomic E-state index is 14.1. The number of carbonyl (C=O) groups is 1. The van der Waals surface area contributed by atoms with E-state index in [-0.39, 0.29) is 39.5 Å². The lowest BCUT2D eigenvalue weighted by Crippen LogP contribution is -2.40. The molecule has 0 aliphatic carbocycles. The van der Waals surface area contributed by atoms with Crippen molar-refractivity contribution in [1.82, 2.24) is 4.57 Å². The van der Waals surface area contributed by atoms with Crippen molar-refractivity contribution in [2.24, 2.45) is 4.99 Å². The quantitative estimate of drug-likeness (QED) is 0.161. The van der Waals surface area contributed by atoms with Gasteiger partial charge in [-0.25, -0.2) is 9.79 Å². The van der Waals surface area contributed by atoms with Crippen molar-refractivity contribution < 1.29 is 28.7 Å². The van der Waals surface area contributed by atoms with E-state index in [1.165, 1.54) is 44.1 Å². The van der Waals surface area contributed by atoms with Gasteiger partial charge in [0.2, 0.25) is 0 Å². The molecule has 5 rings (SSSR count). The number of hydrogen-bond donors (Lipinski definition) is 0. The minimum Gasteiger partial charge on any atom is -0.497 e. The highest BCUT2D eigenvalue weighted by molar-refractivity contribution is 7.07. The number of esters is 1. The van der Waals surface area contributed by atoms with Crippen LogP contribution in [0.3, 0.4) is 0 Å². The predicted molar refractivity (Wildman–Crippen MR) is 160 cm³/mol. The molecule has 1 aliphatic heterocycles. The summed E-state index contributed by atoms with van der Waals surface area (Å²) in [5, 5.41) is 12.0. The van der Waals surface area contributed by atoms with Gasteiger partial charge in [-0.2, -0.15) is 0 Å². The van der Waals surface area contributed by atoms with Gasteiger partial charge in [0.25, 0.3) is 11.2 Å². The van der Waals surface area contributed by atoms with E-state index in [2.05, 4.69) is 0 Å². The minimum atomic E-state index is -0.928. The first-order valence-corrected chi connectivity index (χ1v) is 14.0. The second-order valence-corrected chi connectivity index (χ2v) is 10.2. The van der Waals surface area contributed by atoms with E-state index >= 15 is 0 Å². The van der Waals surface area contributed by atoms with Crippen molar-refractivity contribution in [2.45, 2.75) is 13.0 Å². The number of fused-ring (bicyclic) bond motifs is 1. The largest absolute Gasteiger partial charge is 0.497 e. The third kappa shape index (κ3) is 5.52. The van der Waals surface area contributed by atoms with E-state index < -0.39 is 22.5 Å². The van der Waals surface area contributed by atoms with Gasteiger partial charge in [0.05, 0.1) is 66.3 Å². The van der Waals surface area contributed by atoms with Gasteiger partial charge in [0.1, 0.15) is 5.75 Å². The third-order valence-corrected chi connectivity index (χ3v) is 7.78. The molecule has 0 amide bonds. The van der Waals surface area contributed by atoms with Crippen LogP contribution in [0.25, 0.3) is 11.8 Å². The van der Waals surface area contributed by atoms with Crippen LogP contribution in [0, 0.1) is 10.1 Å². The zero-order valence-electron chi connectivity index (χ0n) is 23.7. The van der Waals surface area contributed by atoms with Crippen LogP contribution in [0.5, 0.6) is 17.2 Å². The standard InChI is InChI=1S/C31H27N3O8S/c1-5-42-30(36)26-27(18-10-7-6-8-11-18)32-31-33(28(26)19-12-9-13-21(14-19)39-2)29(35)25(43-31)16-20-15-23(40-3)24(41-4)17-22(20)34(37)38/h6-17,28H,5H2,1-4H3/b25-16-/t28-/m0/s1. The van der Waals surface area contributed by atoms with Gasteiger partial charge in [-0.15, -0.1) is 0 Å². The van der Waals surface area contributed by atoms with Gasteiger partial charge in [-0.3, -0.25) is 19.5 Å². The Kier molecular flexibility index (Phi) is 8.39. The van der Waals surface area contributed by atoms with Crippen molar-refractivity contribution in [3.63, 3.8) is 0 Å². The second kappa shape index (κ2) is 12.3. The van der Waals surface area contributed by atoms with Crippen molar-refractivity contribution in [3.05, 3.63) is 119 Å². The topological polar surface area (TPSA) is 131 Å². The Labute approximate surface area is 249 Å². The van der Waals surface area contributed by atoms with Crippen LogP contribution in [-0.2, 0) is 9.53 Å². The molecule has 0 unspecified atom stereocenters. The molecule has 1 aliphatic rings. The normalized spacial score (nSPS) is 14.5. The highest BCUT2D eigenvalue weighted by atomic mass is 32.1. The molecule has 12 heteroatoms. The average Bonchev–Trinajstić information content (AvgIpc) is 3.34. The lowest BCUT2D eigenvalue weighted by molar-refractivity contribution is -0.385. The number of carbonyl (C=O) groups excluding carboxylic acids is 1. The Morgan fingerprint density at radius 1 is 1.02 bits per heavy atom. The van der Waals surface area contributed by atoms with E-state index in [9.17, 15) is 19.7 Å². The van der Waals surface area contributed by atoms with Gasteiger partial charge >= 0.3 is 5.97 Å². The molecule has 43 heavy (non-hydrogen) atoms. The highest BCUT2D eigenvalue weighted by Crippen LogP contribution is 2.37. The maximum Gasteiger partial charge on any atom is 0.338 e. The second-order valence-electron chi connectivity index (χ2n) is 9.23. The average molecular weight is 602 g/mol. The molecule has 220 valence electrons. The summed E-state index contributed by atoms with van der Waals surface area (Å²) in [5.41, 5.74) is 1.16. The fourth-order valence-corrected chi connectivity index (χ4v) is 5.86. The van der Waals surface area contributed by atoms with Crippen LogP contribution < -0.4 is 29.1 Å². The van der Waals surface area contributed by atoms with Crippen LogP contribution in [-0.4, -0.2) is 43.4 Å². The molecule has 0 radical (unpaired) electrons. The Balaban J connectivity index is 1.85. The summed E-state index contributed by atoms with van der Waals surface area (Å²) in [6, 6.07) is 18.0. The van der Waals surface area contributed by atoms with Gasteiger partial charge in [-0.1, -0.05) is 53.8 Å². The minimum absolute atomic E-state index is 0.114. The Hall–Kier alpha value is -5.23. The summed E-state index contributed by atoms with van der Waals surface area (Å²) >= 11 is 1.05. The van der Waals surface area contributed by atoms with Crippen LogP contribution >= 0.6 is 11.3 Å². The first kappa shape index (κ1) is 29.3. The summed E-state index contributed by atoms with van der Waals surface area (Å²) in [7, 11) is 4.32. The lowest BCUT2D eigenvalue weighted by atomic mass is 9.93. The molecule has 1 aromatic heterocycles. The molecule has 0 bridgehead atoms. The van der Waals surface area contributed by atoms with E-state index in [4.69, 9.17) is 23.9 Å². The Morgan fingerprint density at radius 3 is 2.40 bits per heavy atom. The smallest absolute Gasteiger partial charge is 0.338 e. The number of benzene rings is 3. The monoisotopic (exact) mass is 601 g/mol. The molecule has 0 spiro atoms. The zero-order chi connectivity index (χ0) is 30.7. The van der Waals surface area contributed by atoms with Crippen molar-refractivity contribution in [2.75, 3.05) is 27.9 Å². The van der Waals surface area contributed by atoms with Gasteiger partial charge in [-0.05, 0) is 36.8 Å². The van der Waals surface area contributed by atoms with Crippen LogP contribution in [0.15, 0.2) is 82.1 Å². The predicted octanol–water partition coefficient (Wildman–Crippen LogP) is 3.87. The van der Waals surface area contributed by atoms with Crippen molar-refractivity contribution in [3.8, 4) is 17.2 Å². The molecule has 11 nitrogen and oxygen atoms in total. The summed E-state index contributed by atoms with van der Waals surface area (Å²) in [4.78, 5) is 44.2. The summed E-state index contributed by atoms with van der Waals surface area (Å²) in [5.74, 6) is 0.347. The van der Waals surface area contributed by atoms with E-state index in [0.717, 1.165) is 11.3 Å². The molecule has 0 saturated carbocycles. The van der Waals surface area contributed by atoms with Crippen LogP contribution in [0.1, 0.15) is 29.7 Å². The SMILES string of the molecule is CCOC(=O)C1=C(c2ccccc2)N=c2s/c(=C\c3cc(OC)c(OC)cc3[N+](=O)[O-])c(=O)n2[C@H]1c1cccc(OC)c1. The van der Waals surface area contributed by atoms with Crippen LogP contribution in [0.2, 0.25) is 0 Å².